The van der Waals surface area contributed by atoms with Crippen molar-refractivity contribution in [3.63, 3.8) is 0 Å². The summed E-state index contributed by atoms with van der Waals surface area (Å²) in [6.45, 7) is 4.19. The van der Waals surface area contributed by atoms with Crippen LogP contribution in [0.4, 0.5) is 4.79 Å². The molecule has 41 heavy (non-hydrogen) atoms. The zero-order valence-electron chi connectivity index (χ0n) is 23.5. The number of nitrogens with zero attached hydrogens (tertiary/aromatic N) is 3. The van der Waals surface area contributed by atoms with Gasteiger partial charge >= 0.3 is 6.09 Å². The van der Waals surface area contributed by atoms with Crippen LogP contribution in [0.5, 0.6) is 0 Å². The Balaban J connectivity index is 1.59. The molecule has 0 aliphatic carbocycles. The van der Waals surface area contributed by atoms with Gasteiger partial charge in [-0.25, -0.2) is 9.69 Å². The molecule has 1 heterocycles. The van der Waals surface area contributed by atoms with Gasteiger partial charge < -0.3 is 9.64 Å². The molecule has 1 aliphatic heterocycles. The molecule has 0 aromatic heterocycles. The van der Waals surface area contributed by atoms with Crippen LogP contribution in [-0.2, 0) is 17.8 Å². The normalized spacial score (nSPS) is 16.8. The first-order chi connectivity index (χ1) is 19.9. The quantitative estimate of drug-likeness (QED) is 0.262. The summed E-state index contributed by atoms with van der Waals surface area (Å²) in [6.07, 6.45) is 1.99. The van der Waals surface area contributed by atoms with E-state index in [4.69, 9.17) is 4.74 Å². The van der Waals surface area contributed by atoms with Crippen LogP contribution in [0.25, 0.3) is 6.08 Å². The van der Waals surface area contributed by atoms with Crippen LogP contribution in [0.1, 0.15) is 38.2 Å². The van der Waals surface area contributed by atoms with E-state index < -0.39 is 12.0 Å². The van der Waals surface area contributed by atoms with E-state index in [1.165, 1.54) is 10.5 Å². The largest absolute Gasteiger partial charge is 0.444 e. The standard InChI is InChI=1S/C35H33N3O3/c1-25-14-18-27(19-15-25)22-31-32(23-28-20-16-26(2)17-21-28)38(35(40)41-24-29-10-6-4-7-11-29)34(37(31)3)36-33(39)30-12-8-5-9-13-30/h4-21,23,31H,22,24H2,1-3H3/b32-23-,36-34?. The Labute approximate surface area is 241 Å². The molecule has 1 atom stereocenters. The number of aryl methyl sites for hydroxylation is 2. The summed E-state index contributed by atoms with van der Waals surface area (Å²) in [6, 6.07) is 34.6. The van der Waals surface area contributed by atoms with Crippen LogP contribution in [0.2, 0.25) is 0 Å². The molecule has 5 rings (SSSR count). The monoisotopic (exact) mass is 543 g/mol. The minimum absolute atomic E-state index is 0.0975. The summed E-state index contributed by atoms with van der Waals surface area (Å²) in [5, 5.41) is 0. The maximum absolute atomic E-state index is 13.8. The van der Waals surface area contributed by atoms with E-state index in [1.807, 2.05) is 85.6 Å². The van der Waals surface area contributed by atoms with Crippen molar-refractivity contribution in [1.29, 1.82) is 0 Å². The number of amides is 2. The lowest BCUT2D eigenvalue weighted by Gasteiger charge is -2.20. The second-order valence-corrected chi connectivity index (χ2v) is 10.3. The fourth-order valence-electron chi connectivity index (χ4n) is 4.78. The van der Waals surface area contributed by atoms with Crippen molar-refractivity contribution in [3.05, 3.63) is 148 Å². The minimum atomic E-state index is -0.593. The first-order valence-electron chi connectivity index (χ1n) is 13.6. The van der Waals surface area contributed by atoms with Gasteiger partial charge in [-0.05, 0) is 55.2 Å². The Hall–Kier alpha value is -4.97. The second-order valence-electron chi connectivity index (χ2n) is 10.3. The predicted octanol–water partition coefficient (Wildman–Crippen LogP) is 7.04. The van der Waals surface area contributed by atoms with Crippen LogP contribution >= 0.6 is 0 Å². The Morgan fingerprint density at radius 1 is 0.780 bits per heavy atom. The molecule has 0 N–H and O–H groups in total. The molecule has 1 fully saturated rings. The average Bonchev–Trinajstić information content (AvgIpc) is 3.24. The highest BCUT2D eigenvalue weighted by atomic mass is 16.6. The third kappa shape index (κ3) is 6.61. The van der Waals surface area contributed by atoms with Crippen LogP contribution in [0.15, 0.2) is 120 Å². The number of aliphatic imine (C=N–C) groups is 1. The number of guanidine groups is 1. The zero-order chi connectivity index (χ0) is 28.8. The smallest absolute Gasteiger partial charge is 0.421 e. The van der Waals surface area contributed by atoms with Gasteiger partial charge in [0.25, 0.3) is 5.91 Å². The third-order valence-electron chi connectivity index (χ3n) is 7.13. The van der Waals surface area contributed by atoms with Gasteiger partial charge in [0.05, 0.1) is 11.7 Å². The molecule has 1 saturated heterocycles. The predicted molar refractivity (Wildman–Crippen MR) is 162 cm³/mol. The molecule has 6 nitrogen and oxygen atoms in total. The Bertz CT molecular complexity index is 1560. The van der Waals surface area contributed by atoms with E-state index in [-0.39, 0.29) is 18.6 Å². The summed E-state index contributed by atoms with van der Waals surface area (Å²) in [5.74, 6) is -0.202. The molecule has 0 saturated carbocycles. The number of carbonyl (C=O) groups excluding carboxylic acids is 2. The van der Waals surface area contributed by atoms with Crippen molar-refractivity contribution < 1.29 is 14.3 Å². The number of rotatable bonds is 6. The SMILES string of the molecule is Cc1ccc(/C=C2/C(Cc3ccc(C)cc3)N(C)C(=NC(=O)c3ccccc3)N2C(=O)OCc2ccccc2)cc1. The molecule has 4 aromatic rings. The summed E-state index contributed by atoms with van der Waals surface area (Å²) < 4.78 is 5.81. The number of benzene rings is 4. The molecule has 1 aliphatic rings. The average molecular weight is 544 g/mol. The van der Waals surface area contributed by atoms with E-state index >= 15 is 0 Å². The molecular formula is C35H33N3O3. The summed E-state index contributed by atoms with van der Waals surface area (Å²) in [5.41, 5.74) is 6.35. The lowest BCUT2D eigenvalue weighted by molar-refractivity contribution is 0.0999. The topological polar surface area (TPSA) is 62.2 Å². The Kier molecular flexibility index (Phi) is 8.39. The summed E-state index contributed by atoms with van der Waals surface area (Å²) in [7, 11) is 1.86. The summed E-state index contributed by atoms with van der Waals surface area (Å²) >= 11 is 0. The van der Waals surface area contributed by atoms with Gasteiger partial charge in [-0.15, -0.1) is 0 Å². The van der Waals surface area contributed by atoms with Crippen molar-refractivity contribution >= 4 is 24.0 Å². The summed E-state index contributed by atoms with van der Waals surface area (Å²) in [4.78, 5) is 34.9. The van der Waals surface area contributed by atoms with Crippen LogP contribution in [0.3, 0.4) is 0 Å². The first-order valence-corrected chi connectivity index (χ1v) is 13.6. The fraction of sp³-hybridized carbons (Fsp3) is 0.171. The highest BCUT2D eigenvalue weighted by molar-refractivity contribution is 6.08. The molecule has 2 amide bonds. The highest BCUT2D eigenvalue weighted by Gasteiger charge is 2.43. The minimum Gasteiger partial charge on any atom is -0.444 e. The Morgan fingerprint density at radius 3 is 2.00 bits per heavy atom. The molecule has 0 radical (unpaired) electrons. The number of carbonyl (C=O) groups is 2. The second kappa shape index (κ2) is 12.5. The molecule has 1 unspecified atom stereocenters. The molecule has 206 valence electrons. The van der Waals surface area contributed by atoms with E-state index in [0.29, 0.717) is 17.7 Å². The van der Waals surface area contributed by atoms with Crippen LogP contribution in [0, 0.1) is 13.8 Å². The Morgan fingerprint density at radius 2 is 1.37 bits per heavy atom. The van der Waals surface area contributed by atoms with Gasteiger partial charge in [-0.1, -0.05) is 108 Å². The first kappa shape index (κ1) is 27.6. The number of ether oxygens (including phenoxy) is 1. The molecule has 0 spiro atoms. The number of hydrogen-bond acceptors (Lipinski definition) is 3. The van der Waals surface area contributed by atoms with Gasteiger partial charge in [0.15, 0.2) is 0 Å². The maximum atomic E-state index is 13.8. The van der Waals surface area contributed by atoms with E-state index in [2.05, 4.69) is 36.2 Å². The van der Waals surface area contributed by atoms with Gasteiger partial charge in [-0.2, -0.15) is 4.99 Å². The van der Waals surface area contributed by atoms with Crippen molar-refractivity contribution in [2.75, 3.05) is 7.05 Å². The van der Waals surface area contributed by atoms with Gasteiger partial charge in [0, 0.05) is 12.6 Å². The van der Waals surface area contributed by atoms with E-state index in [9.17, 15) is 9.59 Å². The fourth-order valence-corrected chi connectivity index (χ4v) is 4.78. The third-order valence-corrected chi connectivity index (χ3v) is 7.13. The van der Waals surface area contributed by atoms with Crippen molar-refractivity contribution in [2.24, 2.45) is 4.99 Å². The molecule has 6 heteroatoms. The van der Waals surface area contributed by atoms with Gasteiger partial charge in [0.2, 0.25) is 5.96 Å². The van der Waals surface area contributed by atoms with Gasteiger partial charge in [0.1, 0.15) is 6.61 Å². The lowest BCUT2D eigenvalue weighted by atomic mass is 10.0. The van der Waals surface area contributed by atoms with E-state index in [0.717, 1.165) is 22.3 Å². The van der Waals surface area contributed by atoms with Gasteiger partial charge in [-0.3, -0.25) is 4.79 Å². The highest BCUT2D eigenvalue weighted by Crippen LogP contribution is 2.31. The van der Waals surface area contributed by atoms with Crippen LogP contribution in [-0.4, -0.2) is 40.8 Å². The van der Waals surface area contributed by atoms with Crippen molar-refractivity contribution in [3.8, 4) is 0 Å². The molecular weight excluding hydrogens is 510 g/mol. The van der Waals surface area contributed by atoms with Crippen LogP contribution < -0.4 is 0 Å². The zero-order valence-corrected chi connectivity index (χ0v) is 23.5. The number of likely N-dealkylation sites (N-methyl/N-ethyl adjacent to an activating group) is 1. The number of hydrogen-bond donors (Lipinski definition) is 0. The lowest BCUT2D eigenvalue weighted by Crippen LogP contribution is -2.37. The van der Waals surface area contributed by atoms with E-state index in [1.54, 1.807) is 24.3 Å². The molecule has 0 bridgehead atoms. The van der Waals surface area contributed by atoms with Crippen molar-refractivity contribution in [2.45, 2.75) is 32.9 Å². The van der Waals surface area contributed by atoms with Crippen molar-refractivity contribution in [1.82, 2.24) is 9.80 Å². The molecule has 4 aromatic carbocycles. The maximum Gasteiger partial charge on any atom is 0.421 e.